The molecule has 1 rings (SSSR count). The zero-order valence-electron chi connectivity index (χ0n) is 27.4. The number of methoxy groups -OCH3 is 1. The van der Waals surface area contributed by atoms with Gasteiger partial charge in [0.15, 0.2) is 5.78 Å². The first-order chi connectivity index (χ1) is 18.3. The summed E-state index contributed by atoms with van der Waals surface area (Å²) in [7, 11) is 1.48. The van der Waals surface area contributed by atoms with Crippen molar-refractivity contribution in [2.75, 3.05) is 13.7 Å². The summed E-state index contributed by atoms with van der Waals surface area (Å²) in [5, 5.41) is 0. The minimum absolute atomic E-state index is 0.0165. The molecule has 0 N–H and O–H groups in total. The number of nitrogens with zero attached hydrogens (tertiary/aromatic N) is 2. The highest BCUT2D eigenvalue weighted by Gasteiger charge is 2.34. The van der Waals surface area contributed by atoms with Gasteiger partial charge in [0.05, 0.1) is 30.3 Å². The summed E-state index contributed by atoms with van der Waals surface area (Å²) in [6, 6.07) is 0. The van der Waals surface area contributed by atoms with Gasteiger partial charge in [0, 0.05) is 13.5 Å². The molecule has 0 amide bonds. The Morgan fingerprint density at radius 2 is 1.62 bits per heavy atom. The SMILES string of the molecule is CCCC.COC(CCCC(=O)c1cnc(/C=C(\C)C(C)(C)C)c(C)n1)[C@H](COC(C)(C)F)C(=O)OC(C)(C)C. The van der Waals surface area contributed by atoms with E-state index in [1.807, 2.05) is 13.0 Å². The fourth-order valence-corrected chi connectivity index (χ4v) is 3.26. The molecule has 1 unspecified atom stereocenters. The number of carbonyl (C=O) groups excluding carboxylic acids is 2. The van der Waals surface area contributed by atoms with Crippen LogP contribution in [0, 0.1) is 18.3 Å². The second-order valence-electron chi connectivity index (χ2n) is 12.7. The van der Waals surface area contributed by atoms with Gasteiger partial charge in [-0.2, -0.15) is 0 Å². The number of hydrogen-bond acceptors (Lipinski definition) is 7. The highest BCUT2D eigenvalue weighted by atomic mass is 19.2. The van der Waals surface area contributed by atoms with E-state index in [4.69, 9.17) is 14.2 Å². The summed E-state index contributed by atoms with van der Waals surface area (Å²) < 4.78 is 30.3. The molecule has 2 atom stereocenters. The van der Waals surface area contributed by atoms with Gasteiger partial charge in [-0.1, -0.05) is 53.0 Å². The molecule has 230 valence electrons. The average molecular weight is 567 g/mol. The number of esters is 1. The number of aryl methyl sites for hydroxylation is 1. The Balaban J connectivity index is 0.00000354. The number of carbonyl (C=O) groups is 2. The fraction of sp³-hybridized carbons (Fsp3) is 0.750. The molecule has 8 heteroatoms. The van der Waals surface area contributed by atoms with Crippen LogP contribution in [-0.4, -0.2) is 53.0 Å². The van der Waals surface area contributed by atoms with Crippen LogP contribution >= 0.6 is 0 Å². The first-order valence-corrected chi connectivity index (χ1v) is 14.4. The molecule has 40 heavy (non-hydrogen) atoms. The largest absolute Gasteiger partial charge is 0.460 e. The summed E-state index contributed by atoms with van der Waals surface area (Å²) in [5.74, 6) is -3.41. The molecule has 0 aromatic carbocycles. The standard InChI is InChI=1S/C28H45FN2O5.C4H10/c1-18(26(3,4)5)15-21-19(2)31-22(16-30-21)23(32)13-12-14-24(34-11)20(17-35-28(9,10)29)25(33)36-27(6,7)8;1-3-4-2/h15-16,20,24H,12-14,17H2,1-11H3;3-4H2,1-2H3/b18-15+;/t20-,24?;/m0./s1. The van der Waals surface area contributed by atoms with Crippen molar-refractivity contribution in [1.29, 1.82) is 0 Å². The summed E-state index contributed by atoms with van der Waals surface area (Å²) in [5.41, 5.74) is 2.22. The van der Waals surface area contributed by atoms with Gasteiger partial charge in [-0.15, -0.1) is 0 Å². The number of alkyl halides is 1. The maximum Gasteiger partial charge on any atom is 0.314 e. The van der Waals surface area contributed by atoms with Crippen LogP contribution in [-0.2, 0) is 19.0 Å². The van der Waals surface area contributed by atoms with Crippen LogP contribution < -0.4 is 0 Å². The molecule has 0 aliphatic rings. The Hall–Kier alpha value is -2.19. The minimum Gasteiger partial charge on any atom is -0.460 e. The summed E-state index contributed by atoms with van der Waals surface area (Å²) in [6.45, 7) is 22.3. The number of unbranched alkanes of at least 4 members (excludes halogenated alkanes) is 1. The molecule has 1 aromatic heterocycles. The van der Waals surface area contributed by atoms with Crippen molar-refractivity contribution in [2.24, 2.45) is 11.3 Å². The number of aromatic nitrogens is 2. The predicted molar refractivity (Wildman–Crippen MR) is 160 cm³/mol. The van der Waals surface area contributed by atoms with E-state index < -0.39 is 29.4 Å². The van der Waals surface area contributed by atoms with E-state index in [-0.39, 0.29) is 24.2 Å². The van der Waals surface area contributed by atoms with Gasteiger partial charge in [-0.3, -0.25) is 14.6 Å². The Bertz CT molecular complexity index is 954. The van der Waals surface area contributed by atoms with Gasteiger partial charge < -0.3 is 14.2 Å². The lowest BCUT2D eigenvalue weighted by Gasteiger charge is -2.29. The quantitative estimate of drug-likeness (QED) is 0.176. The highest BCUT2D eigenvalue weighted by molar-refractivity contribution is 5.94. The van der Waals surface area contributed by atoms with Crippen molar-refractivity contribution >= 4 is 17.8 Å². The molecule has 0 saturated heterocycles. The van der Waals surface area contributed by atoms with Crippen LogP contribution in [0.2, 0.25) is 0 Å². The molecule has 0 spiro atoms. The smallest absolute Gasteiger partial charge is 0.314 e. The summed E-state index contributed by atoms with van der Waals surface area (Å²) in [4.78, 5) is 34.5. The van der Waals surface area contributed by atoms with E-state index in [1.165, 1.54) is 45.6 Å². The molecule has 0 saturated carbocycles. The van der Waals surface area contributed by atoms with Crippen LogP contribution in [0.3, 0.4) is 0 Å². The number of Topliss-reactive ketones (excluding diaryl/α,β-unsaturated/α-hetero) is 1. The molecule has 1 aromatic rings. The van der Waals surface area contributed by atoms with Gasteiger partial charge in [0.25, 0.3) is 0 Å². The molecule has 0 radical (unpaired) electrons. The Morgan fingerprint density at radius 1 is 1.05 bits per heavy atom. The van der Waals surface area contributed by atoms with E-state index in [1.54, 1.807) is 20.8 Å². The third kappa shape index (κ3) is 15.6. The molecule has 0 fully saturated rings. The number of halogens is 1. The molecule has 1 heterocycles. The molecule has 0 bridgehead atoms. The average Bonchev–Trinajstić information content (AvgIpc) is 2.81. The van der Waals surface area contributed by atoms with Crippen molar-refractivity contribution in [3.05, 3.63) is 28.9 Å². The van der Waals surface area contributed by atoms with Crippen molar-refractivity contribution < 1.29 is 28.2 Å². The Labute approximate surface area is 242 Å². The van der Waals surface area contributed by atoms with Crippen LogP contribution in [0.4, 0.5) is 4.39 Å². The third-order valence-corrected chi connectivity index (χ3v) is 6.27. The van der Waals surface area contributed by atoms with Crippen LogP contribution in [0.1, 0.15) is 130 Å². The number of allylic oxidation sites excluding steroid dienone is 1. The third-order valence-electron chi connectivity index (χ3n) is 6.27. The molecule has 0 aliphatic carbocycles. The minimum atomic E-state index is -1.90. The number of rotatable bonds is 13. The first-order valence-electron chi connectivity index (χ1n) is 14.4. The lowest BCUT2D eigenvalue weighted by atomic mass is 9.87. The van der Waals surface area contributed by atoms with Gasteiger partial charge in [0.1, 0.15) is 17.2 Å². The van der Waals surface area contributed by atoms with Crippen LogP contribution in [0.15, 0.2) is 11.8 Å². The number of ketones is 1. The second kappa shape index (κ2) is 16.9. The molecule has 7 nitrogen and oxygen atoms in total. The first kappa shape index (κ1) is 37.8. The maximum absolute atomic E-state index is 14.0. The monoisotopic (exact) mass is 566 g/mol. The second-order valence-corrected chi connectivity index (χ2v) is 12.7. The van der Waals surface area contributed by atoms with Gasteiger partial charge in [0.2, 0.25) is 5.85 Å². The van der Waals surface area contributed by atoms with E-state index in [9.17, 15) is 14.0 Å². The van der Waals surface area contributed by atoms with E-state index in [0.29, 0.717) is 24.2 Å². The summed E-state index contributed by atoms with van der Waals surface area (Å²) >= 11 is 0. The van der Waals surface area contributed by atoms with Gasteiger partial charge in [-0.05, 0) is 72.8 Å². The Kier molecular flexibility index (Phi) is 16.0. The van der Waals surface area contributed by atoms with Gasteiger partial charge in [-0.25, -0.2) is 9.37 Å². The maximum atomic E-state index is 14.0. The van der Waals surface area contributed by atoms with Crippen molar-refractivity contribution in [3.8, 4) is 0 Å². The van der Waals surface area contributed by atoms with E-state index in [2.05, 4.69) is 51.5 Å². The molecular formula is C32H55FN2O5. The molecular weight excluding hydrogens is 511 g/mol. The normalized spacial score (nSPS) is 14.2. The van der Waals surface area contributed by atoms with Crippen molar-refractivity contribution in [1.82, 2.24) is 9.97 Å². The van der Waals surface area contributed by atoms with Crippen LogP contribution in [0.5, 0.6) is 0 Å². The van der Waals surface area contributed by atoms with Crippen molar-refractivity contribution in [2.45, 2.75) is 133 Å². The fourth-order valence-electron chi connectivity index (χ4n) is 3.26. The predicted octanol–water partition coefficient (Wildman–Crippen LogP) is 8.09. The topological polar surface area (TPSA) is 87.6 Å². The van der Waals surface area contributed by atoms with Crippen LogP contribution in [0.25, 0.3) is 6.08 Å². The van der Waals surface area contributed by atoms with Crippen molar-refractivity contribution in [3.63, 3.8) is 0 Å². The van der Waals surface area contributed by atoms with E-state index in [0.717, 1.165) is 5.69 Å². The lowest BCUT2D eigenvalue weighted by Crippen LogP contribution is -2.40. The highest BCUT2D eigenvalue weighted by Crippen LogP contribution is 2.27. The number of ether oxygens (including phenoxy) is 3. The summed E-state index contributed by atoms with van der Waals surface area (Å²) in [6.07, 6.45) is 6.58. The number of hydrogen-bond donors (Lipinski definition) is 0. The zero-order valence-corrected chi connectivity index (χ0v) is 27.4. The lowest BCUT2D eigenvalue weighted by molar-refractivity contribution is -0.179. The van der Waals surface area contributed by atoms with E-state index >= 15 is 0 Å². The zero-order chi connectivity index (χ0) is 31.3. The molecule has 0 aliphatic heterocycles. The van der Waals surface area contributed by atoms with Gasteiger partial charge >= 0.3 is 5.97 Å². The Morgan fingerprint density at radius 3 is 2.05 bits per heavy atom.